The largest absolute Gasteiger partial charge is 0.497 e. The smallest absolute Gasteiger partial charge is 0.243 e. The van der Waals surface area contributed by atoms with E-state index in [0.717, 1.165) is 22.4 Å². The molecule has 0 radical (unpaired) electrons. The second kappa shape index (κ2) is 14.7. The number of nitrogens with zero attached hydrogens (tertiary/aromatic N) is 1. The van der Waals surface area contributed by atoms with Gasteiger partial charge in [-0.2, -0.15) is 0 Å². The van der Waals surface area contributed by atoms with Crippen LogP contribution in [0.15, 0.2) is 84.9 Å². The number of rotatable bonds is 14. The maximum atomic E-state index is 13.7. The molecular weight excluding hydrogens is 452 g/mol. The zero-order valence-electron chi connectivity index (χ0n) is 21.2. The number of nitrogens with one attached hydrogen (secondary N) is 1. The molecule has 0 fully saturated rings. The first-order chi connectivity index (χ1) is 17.6. The Morgan fingerprint density at radius 3 is 2.08 bits per heavy atom. The van der Waals surface area contributed by atoms with Crippen molar-refractivity contribution in [2.45, 2.75) is 38.3 Å². The van der Waals surface area contributed by atoms with Gasteiger partial charge in [-0.25, -0.2) is 0 Å². The van der Waals surface area contributed by atoms with Crippen molar-refractivity contribution in [3.63, 3.8) is 0 Å². The van der Waals surface area contributed by atoms with Crippen molar-refractivity contribution in [3.05, 3.63) is 102 Å². The lowest BCUT2D eigenvalue weighted by atomic mass is 10.0. The highest BCUT2D eigenvalue weighted by atomic mass is 16.5. The molecule has 0 bridgehead atoms. The van der Waals surface area contributed by atoms with Crippen LogP contribution in [0.4, 0.5) is 0 Å². The molecular formula is C30H36N2O4. The van der Waals surface area contributed by atoms with Gasteiger partial charge in [-0.05, 0) is 41.7 Å². The number of hydrogen-bond donors (Lipinski definition) is 1. The van der Waals surface area contributed by atoms with Crippen molar-refractivity contribution in [3.8, 4) is 5.75 Å². The minimum Gasteiger partial charge on any atom is -0.497 e. The van der Waals surface area contributed by atoms with Crippen LogP contribution in [-0.4, -0.2) is 50.1 Å². The molecule has 0 aliphatic rings. The molecule has 1 atom stereocenters. The first kappa shape index (κ1) is 27.0. The summed E-state index contributed by atoms with van der Waals surface area (Å²) >= 11 is 0. The second-order valence-electron chi connectivity index (χ2n) is 8.70. The third kappa shape index (κ3) is 8.54. The van der Waals surface area contributed by atoms with Gasteiger partial charge < -0.3 is 19.7 Å². The van der Waals surface area contributed by atoms with E-state index in [1.54, 1.807) is 19.1 Å². The van der Waals surface area contributed by atoms with Crippen molar-refractivity contribution in [2.24, 2.45) is 0 Å². The summed E-state index contributed by atoms with van der Waals surface area (Å²) in [7, 11) is 3.26. The Morgan fingerprint density at radius 2 is 1.47 bits per heavy atom. The normalized spacial score (nSPS) is 11.5. The van der Waals surface area contributed by atoms with Crippen LogP contribution in [0.25, 0.3) is 0 Å². The van der Waals surface area contributed by atoms with Gasteiger partial charge in [-0.15, -0.1) is 0 Å². The average molecular weight is 489 g/mol. The molecule has 0 spiro atoms. The van der Waals surface area contributed by atoms with Crippen LogP contribution in [0.2, 0.25) is 0 Å². The highest BCUT2D eigenvalue weighted by Crippen LogP contribution is 2.19. The molecule has 36 heavy (non-hydrogen) atoms. The number of aryl methyl sites for hydroxylation is 1. The third-order valence-corrected chi connectivity index (χ3v) is 6.08. The Morgan fingerprint density at radius 1 is 0.833 bits per heavy atom. The van der Waals surface area contributed by atoms with E-state index in [1.807, 2.05) is 84.9 Å². The van der Waals surface area contributed by atoms with Gasteiger partial charge in [-0.1, -0.05) is 72.8 Å². The molecule has 3 rings (SSSR count). The molecule has 0 saturated carbocycles. The highest BCUT2D eigenvalue weighted by molar-refractivity contribution is 5.88. The maximum absolute atomic E-state index is 13.7. The molecule has 0 saturated heterocycles. The Labute approximate surface area is 214 Å². The van der Waals surface area contributed by atoms with E-state index in [4.69, 9.17) is 9.47 Å². The second-order valence-corrected chi connectivity index (χ2v) is 8.70. The van der Waals surface area contributed by atoms with E-state index in [2.05, 4.69) is 5.32 Å². The molecule has 0 aliphatic carbocycles. The number of benzene rings is 3. The highest BCUT2D eigenvalue weighted by Gasteiger charge is 2.30. The summed E-state index contributed by atoms with van der Waals surface area (Å²) in [6.07, 6.45) is 2.08. The third-order valence-electron chi connectivity index (χ3n) is 6.08. The average Bonchev–Trinajstić information content (AvgIpc) is 2.93. The molecule has 3 aromatic carbocycles. The summed E-state index contributed by atoms with van der Waals surface area (Å²) in [4.78, 5) is 28.8. The summed E-state index contributed by atoms with van der Waals surface area (Å²) in [5.74, 6) is 0.539. The zero-order chi connectivity index (χ0) is 25.6. The molecule has 6 heteroatoms. The van der Waals surface area contributed by atoms with Gasteiger partial charge in [-0.3, -0.25) is 9.59 Å². The van der Waals surface area contributed by atoms with Gasteiger partial charge in [0.25, 0.3) is 0 Å². The molecule has 6 nitrogen and oxygen atoms in total. The lowest BCUT2D eigenvalue weighted by Gasteiger charge is -2.32. The van der Waals surface area contributed by atoms with Gasteiger partial charge in [0, 0.05) is 39.6 Å². The minimum atomic E-state index is -0.639. The van der Waals surface area contributed by atoms with E-state index < -0.39 is 6.04 Å². The van der Waals surface area contributed by atoms with Gasteiger partial charge in [0.2, 0.25) is 11.8 Å². The van der Waals surface area contributed by atoms with Gasteiger partial charge in [0.15, 0.2) is 0 Å². The van der Waals surface area contributed by atoms with E-state index >= 15 is 0 Å². The van der Waals surface area contributed by atoms with Crippen molar-refractivity contribution >= 4 is 11.8 Å². The Kier molecular flexibility index (Phi) is 11.0. The molecule has 2 amide bonds. The molecule has 1 N–H and O–H groups in total. The van der Waals surface area contributed by atoms with Crippen molar-refractivity contribution < 1.29 is 19.1 Å². The topological polar surface area (TPSA) is 67.9 Å². The first-order valence-corrected chi connectivity index (χ1v) is 12.4. The first-order valence-electron chi connectivity index (χ1n) is 12.4. The van der Waals surface area contributed by atoms with Crippen molar-refractivity contribution in [2.75, 3.05) is 27.4 Å². The van der Waals surface area contributed by atoms with E-state index in [1.165, 1.54) is 0 Å². The van der Waals surface area contributed by atoms with Gasteiger partial charge >= 0.3 is 0 Å². The summed E-state index contributed by atoms with van der Waals surface area (Å²) < 4.78 is 10.4. The Hall–Kier alpha value is -3.64. The van der Waals surface area contributed by atoms with Crippen LogP contribution in [0.5, 0.6) is 5.75 Å². The number of carbonyl (C=O) groups is 2. The number of amides is 2. The van der Waals surface area contributed by atoms with E-state index in [9.17, 15) is 9.59 Å². The summed E-state index contributed by atoms with van der Waals surface area (Å²) in [6, 6.07) is 26.8. The van der Waals surface area contributed by atoms with Crippen LogP contribution in [0, 0.1) is 0 Å². The predicted octanol–water partition coefficient (Wildman–Crippen LogP) is 4.42. The zero-order valence-corrected chi connectivity index (χ0v) is 21.2. The monoisotopic (exact) mass is 488 g/mol. The molecule has 0 aromatic heterocycles. The van der Waals surface area contributed by atoms with Crippen molar-refractivity contribution in [1.29, 1.82) is 0 Å². The van der Waals surface area contributed by atoms with Crippen LogP contribution in [0.3, 0.4) is 0 Å². The fourth-order valence-corrected chi connectivity index (χ4v) is 4.07. The quantitative estimate of drug-likeness (QED) is 0.341. The summed E-state index contributed by atoms with van der Waals surface area (Å²) in [5.41, 5.74) is 3.04. The molecule has 1 unspecified atom stereocenters. The number of hydrogen-bond acceptors (Lipinski definition) is 4. The van der Waals surface area contributed by atoms with Crippen LogP contribution >= 0.6 is 0 Å². The fraction of sp³-hybridized carbons (Fsp3) is 0.333. The number of carbonyl (C=O) groups excluding carboxylic acids is 2. The summed E-state index contributed by atoms with van der Waals surface area (Å²) in [6.45, 7) is 1.39. The Balaban J connectivity index is 1.86. The molecule has 3 aromatic rings. The van der Waals surface area contributed by atoms with E-state index in [-0.39, 0.29) is 11.8 Å². The SMILES string of the molecule is COCCCNC(=O)C(Cc1ccccc1)N(Cc1ccc(OC)cc1)C(=O)CCc1ccccc1. The maximum Gasteiger partial charge on any atom is 0.243 e. The van der Waals surface area contributed by atoms with E-state index in [0.29, 0.717) is 45.4 Å². The van der Waals surface area contributed by atoms with Crippen molar-refractivity contribution in [1.82, 2.24) is 10.2 Å². The number of ether oxygens (including phenoxy) is 2. The van der Waals surface area contributed by atoms with Gasteiger partial charge in [0.05, 0.1) is 7.11 Å². The lowest BCUT2D eigenvalue weighted by Crippen LogP contribution is -2.50. The molecule has 0 heterocycles. The fourth-order valence-electron chi connectivity index (χ4n) is 4.07. The molecule has 190 valence electrons. The summed E-state index contributed by atoms with van der Waals surface area (Å²) in [5, 5.41) is 3.02. The Bertz CT molecular complexity index is 1060. The molecule has 0 aliphatic heterocycles. The lowest BCUT2D eigenvalue weighted by molar-refractivity contribution is -0.141. The van der Waals surface area contributed by atoms with Gasteiger partial charge in [0.1, 0.15) is 11.8 Å². The predicted molar refractivity (Wildman–Crippen MR) is 142 cm³/mol. The van der Waals surface area contributed by atoms with Crippen LogP contribution in [-0.2, 0) is 33.7 Å². The van der Waals surface area contributed by atoms with Crippen LogP contribution in [0.1, 0.15) is 29.5 Å². The standard InChI is InChI=1S/C30H36N2O4/c1-35-21-9-20-31-30(34)28(22-25-12-7-4-8-13-25)32(23-26-14-17-27(36-2)18-15-26)29(33)19-16-24-10-5-3-6-11-24/h3-8,10-15,17-18,28H,9,16,19-23H2,1-2H3,(H,31,34). The number of methoxy groups -OCH3 is 2. The van der Waals surface area contributed by atoms with Crippen LogP contribution < -0.4 is 10.1 Å². The minimum absolute atomic E-state index is 0.0531.